The number of carbonyl (C=O) groups excluding carboxylic acids is 1. The van der Waals surface area contributed by atoms with Gasteiger partial charge in [-0.15, -0.1) is 11.8 Å². The Kier molecular flexibility index (Phi) is 7.10. The second-order valence-electron chi connectivity index (χ2n) is 5.55. The van der Waals surface area contributed by atoms with Crippen LogP contribution in [0.3, 0.4) is 0 Å². The summed E-state index contributed by atoms with van der Waals surface area (Å²) in [5, 5.41) is 6.72. The first-order valence-electron chi connectivity index (χ1n) is 8.01. The molecule has 2 N–H and O–H groups in total. The minimum Gasteiger partial charge on any atom is -0.355 e. The van der Waals surface area contributed by atoms with E-state index < -0.39 is 0 Å². The van der Waals surface area contributed by atoms with Crippen molar-refractivity contribution in [2.45, 2.75) is 50.4 Å². The highest BCUT2D eigenvalue weighted by molar-refractivity contribution is 7.99. The molecule has 21 heavy (non-hydrogen) atoms. The molecule has 1 aromatic rings. The van der Waals surface area contributed by atoms with Crippen LogP contribution in [0, 0.1) is 0 Å². The van der Waals surface area contributed by atoms with Crippen LogP contribution in [0.1, 0.15) is 50.0 Å². The zero-order valence-electron chi connectivity index (χ0n) is 12.8. The van der Waals surface area contributed by atoms with Crippen LogP contribution in [-0.4, -0.2) is 24.2 Å². The predicted octanol–water partition coefficient (Wildman–Crippen LogP) is 3.48. The van der Waals surface area contributed by atoms with E-state index in [0.717, 1.165) is 18.7 Å². The van der Waals surface area contributed by atoms with Crippen molar-refractivity contribution in [3.05, 3.63) is 35.9 Å². The van der Waals surface area contributed by atoms with E-state index in [-0.39, 0.29) is 17.3 Å². The van der Waals surface area contributed by atoms with Gasteiger partial charge in [-0.3, -0.25) is 10.1 Å². The number of unbranched alkanes of at least 4 members (excludes halogenated alkanes) is 4. The molecule has 0 bridgehead atoms. The van der Waals surface area contributed by atoms with Gasteiger partial charge in [0.25, 0.3) is 0 Å². The van der Waals surface area contributed by atoms with E-state index in [9.17, 15) is 4.79 Å². The van der Waals surface area contributed by atoms with E-state index in [1.165, 1.54) is 31.2 Å². The number of nitrogens with one attached hydrogen (secondary N) is 2. The monoisotopic (exact) mass is 306 g/mol. The lowest BCUT2D eigenvalue weighted by Crippen LogP contribution is -2.42. The fraction of sp³-hybridized carbons (Fsp3) is 0.588. The third kappa shape index (κ3) is 5.36. The van der Waals surface area contributed by atoms with Gasteiger partial charge in [-0.2, -0.15) is 0 Å². The molecule has 1 saturated heterocycles. The van der Waals surface area contributed by atoms with Crippen LogP contribution in [0.15, 0.2) is 30.3 Å². The van der Waals surface area contributed by atoms with Gasteiger partial charge in [0.15, 0.2) is 0 Å². The summed E-state index contributed by atoms with van der Waals surface area (Å²) in [6, 6.07) is 10.3. The summed E-state index contributed by atoms with van der Waals surface area (Å²) in [6.07, 6.45) is 6.14. The number of amides is 1. The second kappa shape index (κ2) is 9.11. The molecule has 2 rings (SSSR count). The van der Waals surface area contributed by atoms with Crippen molar-refractivity contribution < 1.29 is 4.79 Å². The molecule has 0 aromatic heterocycles. The lowest BCUT2D eigenvalue weighted by molar-refractivity contribution is -0.122. The van der Waals surface area contributed by atoms with Crippen LogP contribution in [0.25, 0.3) is 0 Å². The van der Waals surface area contributed by atoms with Crippen LogP contribution in [-0.2, 0) is 4.79 Å². The normalized spacial score (nSPS) is 21.4. The maximum atomic E-state index is 12.1. The molecular formula is C17H26N2OS. The standard InChI is InChI=1S/C17H26N2OS/c1-2-3-4-5-9-12-18-16(20)15-13-21-17(19-15)14-10-7-6-8-11-14/h6-8,10-11,15,17,19H,2-5,9,12-13H2,1H3,(H,18,20). The average Bonchev–Trinajstić information content (AvgIpc) is 3.01. The van der Waals surface area contributed by atoms with Crippen molar-refractivity contribution in [3.8, 4) is 0 Å². The van der Waals surface area contributed by atoms with Crippen molar-refractivity contribution >= 4 is 17.7 Å². The molecule has 0 spiro atoms. The minimum absolute atomic E-state index is 0.0594. The Morgan fingerprint density at radius 2 is 2.00 bits per heavy atom. The molecular weight excluding hydrogens is 280 g/mol. The number of thioether (sulfide) groups is 1. The van der Waals surface area contributed by atoms with E-state index in [1.54, 1.807) is 0 Å². The van der Waals surface area contributed by atoms with Gasteiger partial charge >= 0.3 is 0 Å². The summed E-state index contributed by atoms with van der Waals surface area (Å²) in [6.45, 7) is 3.02. The summed E-state index contributed by atoms with van der Waals surface area (Å²) in [5.41, 5.74) is 1.25. The fourth-order valence-corrected chi connectivity index (χ4v) is 3.75. The van der Waals surface area contributed by atoms with E-state index >= 15 is 0 Å². The molecule has 3 nitrogen and oxygen atoms in total. The minimum atomic E-state index is -0.0594. The van der Waals surface area contributed by atoms with Gasteiger partial charge < -0.3 is 5.32 Å². The summed E-state index contributed by atoms with van der Waals surface area (Å²) >= 11 is 1.81. The Bertz CT molecular complexity index is 424. The van der Waals surface area contributed by atoms with Gasteiger partial charge in [0.2, 0.25) is 5.91 Å². The van der Waals surface area contributed by atoms with Crippen molar-refractivity contribution in [3.63, 3.8) is 0 Å². The van der Waals surface area contributed by atoms with Crippen molar-refractivity contribution in [2.24, 2.45) is 0 Å². The van der Waals surface area contributed by atoms with E-state index in [1.807, 2.05) is 30.0 Å². The molecule has 1 aliphatic heterocycles. The van der Waals surface area contributed by atoms with Crippen LogP contribution in [0.5, 0.6) is 0 Å². The van der Waals surface area contributed by atoms with Crippen molar-refractivity contribution in [1.29, 1.82) is 0 Å². The molecule has 4 heteroatoms. The lowest BCUT2D eigenvalue weighted by Gasteiger charge is -2.13. The highest BCUT2D eigenvalue weighted by atomic mass is 32.2. The zero-order valence-corrected chi connectivity index (χ0v) is 13.6. The average molecular weight is 306 g/mol. The molecule has 0 saturated carbocycles. The van der Waals surface area contributed by atoms with Gasteiger partial charge in [0.05, 0.1) is 11.4 Å². The molecule has 2 atom stereocenters. The highest BCUT2D eigenvalue weighted by Crippen LogP contribution is 2.32. The summed E-state index contributed by atoms with van der Waals surface area (Å²) in [5.74, 6) is 0.998. The lowest BCUT2D eigenvalue weighted by atomic mass is 10.1. The number of rotatable bonds is 8. The predicted molar refractivity (Wildman–Crippen MR) is 90.3 cm³/mol. The van der Waals surface area contributed by atoms with Crippen LogP contribution >= 0.6 is 11.8 Å². The molecule has 1 aromatic carbocycles. The Morgan fingerprint density at radius 3 is 2.76 bits per heavy atom. The first-order valence-corrected chi connectivity index (χ1v) is 9.06. The number of hydrogen-bond donors (Lipinski definition) is 2. The topological polar surface area (TPSA) is 41.1 Å². The Balaban J connectivity index is 1.66. The van der Waals surface area contributed by atoms with E-state index in [0.29, 0.717) is 0 Å². The molecule has 1 amide bonds. The van der Waals surface area contributed by atoms with Gasteiger partial charge in [-0.25, -0.2) is 0 Å². The molecule has 0 aliphatic carbocycles. The first-order chi connectivity index (χ1) is 10.3. The van der Waals surface area contributed by atoms with Crippen LogP contribution < -0.4 is 10.6 Å². The fourth-order valence-electron chi connectivity index (χ4n) is 2.51. The van der Waals surface area contributed by atoms with E-state index in [2.05, 4.69) is 29.7 Å². The third-order valence-electron chi connectivity index (χ3n) is 3.78. The molecule has 1 heterocycles. The van der Waals surface area contributed by atoms with Crippen molar-refractivity contribution in [2.75, 3.05) is 12.3 Å². The highest BCUT2D eigenvalue weighted by Gasteiger charge is 2.29. The van der Waals surface area contributed by atoms with E-state index in [4.69, 9.17) is 0 Å². The first kappa shape index (κ1) is 16.4. The third-order valence-corrected chi connectivity index (χ3v) is 5.05. The largest absolute Gasteiger partial charge is 0.355 e. The Hall–Kier alpha value is -1.00. The van der Waals surface area contributed by atoms with Crippen LogP contribution in [0.4, 0.5) is 0 Å². The summed E-state index contributed by atoms with van der Waals surface area (Å²) in [4.78, 5) is 12.1. The zero-order chi connectivity index (χ0) is 14.9. The Labute approximate surface area is 132 Å². The molecule has 116 valence electrons. The van der Waals surface area contributed by atoms with Crippen molar-refractivity contribution in [1.82, 2.24) is 10.6 Å². The quantitative estimate of drug-likeness (QED) is 0.723. The van der Waals surface area contributed by atoms with Gasteiger partial charge in [-0.1, -0.05) is 62.9 Å². The van der Waals surface area contributed by atoms with Gasteiger partial charge in [0, 0.05) is 12.3 Å². The summed E-state index contributed by atoms with van der Waals surface area (Å²) < 4.78 is 0. The number of carbonyl (C=O) groups is 1. The number of benzene rings is 1. The maximum Gasteiger partial charge on any atom is 0.238 e. The molecule has 1 aliphatic rings. The smallest absolute Gasteiger partial charge is 0.238 e. The summed E-state index contributed by atoms with van der Waals surface area (Å²) in [7, 11) is 0. The number of hydrogen-bond acceptors (Lipinski definition) is 3. The molecule has 0 radical (unpaired) electrons. The van der Waals surface area contributed by atoms with Gasteiger partial charge in [-0.05, 0) is 12.0 Å². The maximum absolute atomic E-state index is 12.1. The molecule has 1 fully saturated rings. The van der Waals surface area contributed by atoms with Gasteiger partial charge in [0.1, 0.15) is 0 Å². The second-order valence-corrected chi connectivity index (χ2v) is 6.69. The SMILES string of the molecule is CCCCCCCNC(=O)C1CSC(c2ccccc2)N1. The Morgan fingerprint density at radius 1 is 1.24 bits per heavy atom. The molecule has 2 unspecified atom stereocenters. The van der Waals surface area contributed by atoms with Crippen LogP contribution in [0.2, 0.25) is 0 Å².